The zero-order valence-electron chi connectivity index (χ0n) is 6.96. The van der Waals surface area contributed by atoms with Crippen molar-refractivity contribution in [2.45, 2.75) is 12.2 Å². The van der Waals surface area contributed by atoms with Gasteiger partial charge in [-0.15, -0.1) is 0 Å². The number of hydrogen-bond acceptors (Lipinski definition) is 4. The molecule has 0 saturated heterocycles. The van der Waals surface area contributed by atoms with Gasteiger partial charge in [0, 0.05) is 0 Å². The number of aromatic hydroxyl groups is 1. The lowest BCUT2D eigenvalue weighted by atomic mass is 10.1. The van der Waals surface area contributed by atoms with Gasteiger partial charge in [-0.3, -0.25) is 0 Å². The van der Waals surface area contributed by atoms with Crippen LogP contribution in [0.25, 0.3) is 0 Å². The van der Waals surface area contributed by atoms with Gasteiger partial charge in [0.2, 0.25) is 0 Å². The van der Waals surface area contributed by atoms with Gasteiger partial charge >= 0.3 is 0 Å². The molecule has 1 aromatic carbocycles. The Balaban J connectivity index is 2.77. The fourth-order valence-corrected chi connectivity index (χ4v) is 0.993. The number of phenolic OH excluding ortho intramolecular Hbond substituents is 1. The molecule has 4 heteroatoms. The third kappa shape index (κ3) is 2.42. The predicted molar refractivity (Wildman–Crippen MR) is 46.2 cm³/mol. The maximum atomic E-state index is 9.39. The molecule has 0 fully saturated rings. The molecule has 4 nitrogen and oxygen atoms in total. The second-order valence-corrected chi connectivity index (χ2v) is 2.79. The van der Waals surface area contributed by atoms with Gasteiger partial charge in [0.05, 0.1) is 6.61 Å². The van der Waals surface area contributed by atoms with Crippen molar-refractivity contribution in [3.05, 3.63) is 29.8 Å². The van der Waals surface area contributed by atoms with Crippen LogP contribution < -0.4 is 0 Å². The first-order valence-corrected chi connectivity index (χ1v) is 3.91. The molecule has 72 valence electrons. The Hall–Kier alpha value is -1.10. The number of rotatable bonds is 3. The second kappa shape index (κ2) is 4.23. The molecule has 0 aliphatic heterocycles. The van der Waals surface area contributed by atoms with E-state index in [2.05, 4.69) is 0 Å². The van der Waals surface area contributed by atoms with Crippen LogP contribution in [0.3, 0.4) is 0 Å². The summed E-state index contributed by atoms with van der Waals surface area (Å²) in [6.45, 7) is -0.498. The minimum Gasteiger partial charge on any atom is -0.508 e. The van der Waals surface area contributed by atoms with E-state index in [1.54, 1.807) is 0 Å². The first-order valence-electron chi connectivity index (χ1n) is 3.91. The highest BCUT2D eigenvalue weighted by Crippen LogP contribution is 2.19. The van der Waals surface area contributed by atoms with E-state index >= 15 is 0 Å². The molecule has 0 aromatic heterocycles. The van der Waals surface area contributed by atoms with E-state index in [4.69, 9.17) is 15.3 Å². The molecule has 0 spiro atoms. The van der Waals surface area contributed by atoms with Crippen LogP contribution in [0.2, 0.25) is 0 Å². The minimum atomic E-state index is -1.19. The number of aliphatic hydroxyl groups excluding tert-OH is 3. The van der Waals surface area contributed by atoms with Crippen molar-refractivity contribution in [3.63, 3.8) is 0 Å². The predicted octanol–water partition coefficient (Wildman–Crippen LogP) is -0.221. The van der Waals surface area contributed by atoms with Crippen molar-refractivity contribution in [2.75, 3.05) is 6.61 Å². The lowest BCUT2D eigenvalue weighted by molar-refractivity contribution is -0.0152. The zero-order valence-corrected chi connectivity index (χ0v) is 6.96. The van der Waals surface area contributed by atoms with E-state index in [0.717, 1.165) is 0 Å². The molecule has 0 radical (unpaired) electrons. The molecule has 4 N–H and O–H groups in total. The van der Waals surface area contributed by atoms with Gasteiger partial charge in [-0.25, -0.2) is 0 Å². The van der Waals surface area contributed by atoms with Crippen LogP contribution >= 0.6 is 0 Å². The van der Waals surface area contributed by atoms with Crippen molar-refractivity contribution >= 4 is 0 Å². The smallest absolute Gasteiger partial charge is 0.115 e. The molecule has 2 unspecified atom stereocenters. The van der Waals surface area contributed by atoms with Crippen molar-refractivity contribution in [2.24, 2.45) is 0 Å². The summed E-state index contributed by atoms with van der Waals surface area (Å²) in [7, 11) is 0. The Labute approximate surface area is 75.7 Å². The summed E-state index contributed by atoms with van der Waals surface area (Å²) in [6.07, 6.45) is -2.31. The van der Waals surface area contributed by atoms with Gasteiger partial charge in [0.15, 0.2) is 0 Å². The van der Waals surface area contributed by atoms with Crippen molar-refractivity contribution in [1.82, 2.24) is 0 Å². The SMILES string of the molecule is OCC(O)C(O)c1ccc(O)cc1. The highest BCUT2D eigenvalue weighted by Gasteiger charge is 2.16. The molecular weight excluding hydrogens is 172 g/mol. The molecule has 2 atom stereocenters. The summed E-state index contributed by atoms with van der Waals surface area (Å²) in [6, 6.07) is 5.78. The molecule has 0 aliphatic rings. The monoisotopic (exact) mass is 184 g/mol. The second-order valence-electron chi connectivity index (χ2n) is 2.79. The summed E-state index contributed by atoms with van der Waals surface area (Å²) < 4.78 is 0. The summed E-state index contributed by atoms with van der Waals surface area (Å²) in [5.41, 5.74) is 0.458. The van der Waals surface area contributed by atoms with E-state index in [0.29, 0.717) is 5.56 Å². The van der Waals surface area contributed by atoms with Gasteiger partial charge in [-0.05, 0) is 17.7 Å². The number of benzene rings is 1. The summed E-state index contributed by atoms with van der Waals surface area (Å²) >= 11 is 0. The standard InChI is InChI=1S/C9H12O4/c10-5-8(12)9(13)6-1-3-7(11)4-2-6/h1-4,8-13H,5H2. The van der Waals surface area contributed by atoms with E-state index in [1.807, 2.05) is 0 Å². The Bertz CT molecular complexity index is 257. The Morgan fingerprint density at radius 2 is 1.62 bits per heavy atom. The average molecular weight is 184 g/mol. The lowest BCUT2D eigenvalue weighted by Gasteiger charge is -2.15. The molecular formula is C9H12O4. The third-order valence-electron chi connectivity index (χ3n) is 1.79. The summed E-state index contributed by atoms with van der Waals surface area (Å²) in [4.78, 5) is 0. The normalized spacial score (nSPS) is 15.3. The molecule has 0 amide bonds. The fraction of sp³-hybridized carbons (Fsp3) is 0.333. The maximum Gasteiger partial charge on any atom is 0.115 e. The van der Waals surface area contributed by atoms with Crippen LogP contribution in [-0.2, 0) is 0 Å². The van der Waals surface area contributed by atoms with Crippen LogP contribution in [0.4, 0.5) is 0 Å². The topological polar surface area (TPSA) is 80.9 Å². The fourth-order valence-electron chi connectivity index (χ4n) is 0.993. The highest BCUT2D eigenvalue weighted by atomic mass is 16.4. The highest BCUT2D eigenvalue weighted by molar-refractivity contribution is 5.27. The third-order valence-corrected chi connectivity index (χ3v) is 1.79. The number of aliphatic hydroxyl groups is 3. The lowest BCUT2D eigenvalue weighted by Crippen LogP contribution is -2.21. The van der Waals surface area contributed by atoms with Crippen LogP contribution in [0.15, 0.2) is 24.3 Å². The van der Waals surface area contributed by atoms with Gasteiger partial charge in [-0.2, -0.15) is 0 Å². The molecule has 1 aromatic rings. The van der Waals surface area contributed by atoms with Gasteiger partial charge in [0.25, 0.3) is 0 Å². The Morgan fingerprint density at radius 3 is 2.08 bits per heavy atom. The van der Waals surface area contributed by atoms with E-state index in [9.17, 15) is 5.11 Å². The van der Waals surface area contributed by atoms with Crippen LogP contribution in [0.1, 0.15) is 11.7 Å². The first-order chi connectivity index (χ1) is 6.15. The van der Waals surface area contributed by atoms with Gasteiger partial charge in [-0.1, -0.05) is 12.1 Å². The van der Waals surface area contributed by atoms with Gasteiger partial charge < -0.3 is 20.4 Å². The number of hydrogen-bond donors (Lipinski definition) is 4. The summed E-state index contributed by atoms with van der Waals surface area (Å²) in [5, 5.41) is 36.0. The minimum absolute atomic E-state index is 0.0921. The molecule has 0 bridgehead atoms. The van der Waals surface area contributed by atoms with Crippen molar-refractivity contribution < 1.29 is 20.4 Å². The molecule has 0 heterocycles. The van der Waals surface area contributed by atoms with Crippen molar-refractivity contribution in [3.8, 4) is 5.75 Å². The molecule has 13 heavy (non-hydrogen) atoms. The van der Waals surface area contributed by atoms with E-state index < -0.39 is 18.8 Å². The molecule has 1 rings (SSSR count). The first kappa shape index (κ1) is 9.98. The quantitative estimate of drug-likeness (QED) is 0.523. The van der Waals surface area contributed by atoms with Gasteiger partial charge in [0.1, 0.15) is 18.0 Å². The maximum absolute atomic E-state index is 9.39. The average Bonchev–Trinajstić information content (AvgIpc) is 2.17. The van der Waals surface area contributed by atoms with Crippen molar-refractivity contribution in [1.29, 1.82) is 0 Å². The molecule has 0 aliphatic carbocycles. The zero-order chi connectivity index (χ0) is 9.84. The Morgan fingerprint density at radius 1 is 1.08 bits per heavy atom. The number of phenols is 1. The Kier molecular flexibility index (Phi) is 3.25. The van der Waals surface area contributed by atoms with E-state index in [1.165, 1.54) is 24.3 Å². The molecule has 0 saturated carbocycles. The summed E-state index contributed by atoms with van der Waals surface area (Å²) in [5.74, 6) is 0.0921. The van der Waals surface area contributed by atoms with Crippen LogP contribution in [0.5, 0.6) is 5.75 Å². The largest absolute Gasteiger partial charge is 0.508 e. The van der Waals surface area contributed by atoms with Crippen LogP contribution in [0, 0.1) is 0 Å². The van der Waals surface area contributed by atoms with Crippen LogP contribution in [-0.4, -0.2) is 33.1 Å². The van der Waals surface area contributed by atoms with E-state index in [-0.39, 0.29) is 5.75 Å².